The van der Waals surface area contributed by atoms with E-state index in [0.29, 0.717) is 5.69 Å². The van der Waals surface area contributed by atoms with E-state index in [-0.39, 0.29) is 12.5 Å². The average Bonchev–Trinajstić information content (AvgIpc) is 2.04. The molecular weight excluding hydrogens is 169 g/mol. The second-order valence-corrected chi connectivity index (χ2v) is 2.78. The van der Waals surface area contributed by atoms with Gasteiger partial charge in [-0.05, 0) is 18.6 Å². The maximum Gasteiger partial charge on any atom is 0.213 e. The molecule has 1 heterocycles. The summed E-state index contributed by atoms with van der Waals surface area (Å²) in [4.78, 5) is 3.62. The number of rotatable bonds is 2. The predicted molar refractivity (Wildman–Crippen MR) is 46.1 cm³/mol. The number of aryl methyl sites for hydroxylation is 1. The summed E-state index contributed by atoms with van der Waals surface area (Å²) < 4.78 is 12.6. The van der Waals surface area contributed by atoms with Crippen molar-refractivity contribution in [3.05, 3.63) is 29.3 Å². The first kappa shape index (κ1) is 9.62. The number of hydrogen-bond donors (Lipinski definition) is 1. The van der Waals surface area contributed by atoms with Gasteiger partial charge in [-0.1, -0.05) is 6.07 Å². The zero-order valence-electron chi connectivity index (χ0n) is 7.29. The minimum Gasteiger partial charge on any atom is -0.323 e. The van der Waals surface area contributed by atoms with Crippen LogP contribution in [0.4, 0.5) is 4.39 Å². The third-order valence-electron chi connectivity index (χ3n) is 1.80. The summed E-state index contributed by atoms with van der Waals surface area (Å²) in [6.45, 7) is 1.68. The first-order valence-electron chi connectivity index (χ1n) is 3.90. The van der Waals surface area contributed by atoms with Crippen LogP contribution in [0, 0.1) is 24.2 Å². The van der Waals surface area contributed by atoms with E-state index in [9.17, 15) is 4.39 Å². The molecule has 13 heavy (non-hydrogen) atoms. The normalized spacial score (nSPS) is 12.2. The summed E-state index contributed by atoms with van der Waals surface area (Å²) in [7, 11) is 0. The summed E-state index contributed by atoms with van der Waals surface area (Å²) >= 11 is 0. The minimum absolute atomic E-state index is 0.216. The third-order valence-corrected chi connectivity index (χ3v) is 1.80. The molecule has 1 aromatic rings. The van der Waals surface area contributed by atoms with Gasteiger partial charge < -0.3 is 5.73 Å². The predicted octanol–water partition coefficient (Wildman–Crippen LogP) is 1.44. The van der Waals surface area contributed by atoms with Gasteiger partial charge in [0.1, 0.15) is 0 Å². The topological polar surface area (TPSA) is 62.7 Å². The van der Waals surface area contributed by atoms with Crippen LogP contribution in [0.25, 0.3) is 0 Å². The number of hydrogen-bond acceptors (Lipinski definition) is 3. The molecule has 1 rings (SSSR count). The van der Waals surface area contributed by atoms with Crippen molar-refractivity contribution >= 4 is 0 Å². The maximum atomic E-state index is 12.6. The molecule has 3 nitrogen and oxygen atoms in total. The van der Waals surface area contributed by atoms with Crippen molar-refractivity contribution in [3.63, 3.8) is 0 Å². The standard InChI is InChI=1S/C9H10FN3/c1-6-7(8(12)4-5-11)2-3-9(10)13-6/h2-3,8H,4,12H2,1H3. The van der Waals surface area contributed by atoms with Crippen LogP contribution >= 0.6 is 0 Å². The molecule has 0 aliphatic heterocycles. The van der Waals surface area contributed by atoms with Crippen LogP contribution < -0.4 is 5.73 Å². The maximum absolute atomic E-state index is 12.6. The summed E-state index contributed by atoms with van der Waals surface area (Å²) in [5, 5.41) is 8.42. The number of aromatic nitrogens is 1. The minimum atomic E-state index is -0.523. The molecule has 0 saturated heterocycles. The van der Waals surface area contributed by atoms with E-state index >= 15 is 0 Å². The summed E-state index contributed by atoms with van der Waals surface area (Å²) in [5.41, 5.74) is 6.94. The van der Waals surface area contributed by atoms with Gasteiger partial charge in [-0.15, -0.1) is 0 Å². The molecular formula is C9H10FN3. The van der Waals surface area contributed by atoms with Gasteiger partial charge in [0.25, 0.3) is 0 Å². The van der Waals surface area contributed by atoms with Crippen molar-refractivity contribution in [2.24, 2.45) is 5.73 Å². The first-order valence-corrected chi connectivity index (χ1v) is 3.90. The lowest BCUT2D eigenvalue weighted by Crippen LogP contribution is -2.12. The Labute approximate surface area is 76.0 Å². The fourth-order valence-corrected chi connectivity index (χ4v) is 1.14. The second-order valence-electron chi connectivity index (χ2n) is 2.78. The second kappa shape index (κ2) is 3.97. The van der Waals surface area contributed by atoms with Gasteiger partial charge in [0.2, 0.25) is 5.95 Å². The molecule has 0 aliphatic carbocycles. The van der Waals surface area contributed by atoms with Crippen LogP contribution in [-0.4, -0.2) is 4.98 Å². The molecule has 0 saturated carbocycles. The quantitative estimate of drug-likeness (QED) is 0.699. The Balaban J connectivity index is 2.96. The van der Waals surface area contributed by atoms with Crippen molar-refractivity contribution in [3.8, 4) is 6.07 Å². The molecule has 0 aromatic carbocycles. The lowest BCUT2D eigenvalue weighted by molar-refractivity contribution is 0.575. The summed E-state index contributed by atoms with van der Waals surface area (Å²) in [6, 6.07) is 4.40. The highest BCUT2D eigenvalue weighted by Crippen LogP contribution is 2.16. The highest BCUT2D eigenvalue weighted by atomic mass is 19.1. The van der Waals surface area contributed by atoms with Crippen molar-refractivity contribution in [2.75, 3.05) is 0 Å². The molecule has 68 valence electrons. The van der Waals surface area contributed by atoms with Gasteiger partial charge in [-0.3, -0.25) is 0 Å². The molecule has 1 unspecified atom stereocenters. The van der Waals surface area contributed by atoms with E-state index < -0.39 is 5.95 Å². The lowest BCUT2D eigenvalue weighted by Gasteiger charge is -2.09. The smallest absolute Gasteiger partial charge is 0.213 e. The average molecular weight is 179 g/mol. The van der Waals surface area contributed by atoms with Gasteiger partial charge in [0.05, 0.1) is 12.5 Å². The Morgan fingerprint density at radius 3 is 2.92 bits per heavy atom. The summed E-state index contributed by atoms with van der Waals surface area (Å²) in [6.07, 6.45) is 0.216. The third kappa shape index (κ3) is 2.23. The zero-order chi connectivity index (χ0) is 9.84. The summed E-state index contributed by atoms with van der Waals surface area (Å²) in [5.74, 6) is -0.523. The van der Waals surface area contributed by atoms with Crippen LogP contribution in [0.3, 0.4) is 0 Å². The van der Waals surface area contributed by atoms with Crippen LogP contribution in [0.5, 0.6) is 0 Å². The lowest BCUT2D eigenvalue weighted by atomic mass is 10.0. The number of nitrogens with zero attached hydrogens (tertiary/aromatic N) is 2. The van der Waals surface area contributed by atoms with E-state index in [4.69, 9.17) is 11.0 Å². The number of pyridine rings is 1. The molecule has 2 N–H and O–H groups in total. The number of halogens is 1. The fraction of sp³-hybridized carbons (Fsp3) is 0.333. The van der Waals surface area contributed by atoms with Gasteiger partial charge >= 0.3 is 0 Å². The van der Waals surface area contributed by atoms with E-state index in [1.807, 2.05) is 6.07 Å². The molecule has 0 fully saturated rings. The van der Waals surface area contributed by atoms with Crippen molar-refractivity contribution < 1.29 is 4.39 Å². The SMILES string of the molecule is Cc1nc(F)ccc1C(N)CC#N. The molecule has 1 aromatic heterocycles. The van der Waals surface area contributed by atoms with Crippen LogP contribution in [0.15, 0.2) is 12.1 Å². The Morgan fingerprint density at radius 2 is 2.38 bits per heavy atom. The molecule has 0 spiro atoms. The van der Waals surface area contributed by atoms with Crippen molar-refractivity contribution in [1.82, 2.24) is 4.98 Å². The first-order chi connectivity index (χ1) is 6.15. The molecule has 0 amide bonds. The Kier molecular flexibility index (Phi) is 2.93. The van der Waals surface area contributed by atoms with Gasteiger partial charge in [-0.2, -0.15) is 9.65 Å². The van der Waals surface area contributed by atoms with Gasteiger partial charge in [0, 0.05) is 11.7 Å². The Morgan fingerprint density at radius 1 is 1.69 bits per heavy atom. The van der Waals surface area contributed by atoms with Gasteiger partial charge in [-0.25, -0.2) is 4.98 Å². The van der Waals surface area contributed by atoms with Crippen LogP contribution in [0.1, 0.15) is 23.7 Å². The van der Waals surface area contributed by atoms with E-state index in [2.05, 4.69) is 4.98 Å². The van der Waals surface area contributed by atoms with E-state index in [1.165, 1.54) is 6.07 Å². The van der Waals surface area contributed by atoms with Crippen molar-refractivity contribution in [2.45, 2.75) is 19.4 Å². The van der Waals surface area contributed by atoms with Crippen molar-refractivity contribution in [1.29, 1.82) is 5.26 Å². The Hall–Kier alpha value is -1.47. The Bertz CT molecular complexity index is 343. The molecule has 0 bridgehead atoms. The number of nitriles is 1. The monoisotopic (exact) mass is 179 g/mol. The molecule has 0 aliphatic rings. The zero-order valence-corrected chi connectivity index (χ0v) is 7.29. The fourth-order valence-electron chi connectivity index (χ4n) is 1.14. The van der Waals surface area contributed by atoms with E-state index in [0.717, 1.165) is 5.56 Å². The van der Waals surface area contributed by atoms with Crippen LogP contribution in [-0.2, 0) is 0 Å². The van der Waals surface area contributed by atoms with E-state index in [1.54, 1.807) is 13.0 Å². The molecule has 4 heteroatoms. The van der Waals surface area contributed by atoms with Crippen LogP contribution in [0.2, 0.25) is 0 Å². The van der Waals surface area contributed by atoms with Gasteiger partial charge in [0.15, 0.2) is 0 Å². The molecule has 1 atom stereocenters. The largest absolute Gasteiger partial charge is 0.323 e. The molecule has 0 radical (unpaired) electrons. The highest BCUT2D eigenvalue weighted by Gasteiger charge is 2.09. The number of nitrogens with two attached hydrogens (primary N) is 1. The highest BCUT2D eigenvalue weighted by molar-refractivity contribution is 5.23.